The molecule has 0 bridgehead atoms. The van der Waals surface area contributed by atoms with Crippen molar-refractivity contribution in [1.29, 1.82) is 0 Å². The molecule has 0 aliphatic carbocycles. The van der Waals surface area contributed by atoms with Crippen LogP contribution in [-0.4, -0.2) is 5.11 Å². The lowest BCUT2D eigenvalue weighted by Gasteiger charge is -2.10. The number of benzene rings is 1. The Bertz CT molecular complexity index is 523. The van der Waals surface area contributed by atoms with Gasteiger partial charge in [-0.3, -0.25) is 0 Å². The van der Waals surface area contributed by atoms with E-state index < -0.39 is 6.10 Å². The molecule has 19 heavy (non-hydrogen) atoms. The van der Waals surface area contributed by atoms with Crippen molar-refractivity contribution in [3.63, 3.8) is 0 Å². The number of hydrogen-bond donors (Lipinski definition) is 1. The van der Waals surface area contributed by atoms with Gasteiger partial charge < -0.3 is 5.11 Å². The van der Waals surface area contributed by atoms with Crippen LogP contribution >= 0.6 is 27.3 Å². The Morgan fingerprint density at radius 3 is 2.32 bits per heavy atom. The highest BCUT2D eigenvalue weighted by Gasteiger charge is 2.13. The third kappa shape index (κ3) is 3.68. The highest BCUT2D eigenvalue weighted by Crippen LogP contribution is 2.32. The van der Waals surface area contributed by atoms with Crippen molar-refractivity contribution < 1.29 is 5.11 Å². The van der Waals surface area contributed by atoms with Crippen LogP contribution in [-0.2, 0) is 6.42 Å². The number of rotatable bonds is 4. The van der Waals surface area contributed by atoms with Gasteiger partial charge in [0.25, 0.3) is 0 Å². The number of hydrogen-bond acceptors (Lipinski definition) is 2. The van der Waals surface area contributed by atoms with Crippen LogP contribution in [0.1, 0.15) is 46.8 Å². The topological polar surface area (TPSA) is 20.2 Å². The first kappa shape index (κ1) is 14.8. The van der Waals surface area contributed by atoms with Gasteiger partial charge in [0.1, 0.15) is 0 Å². The number of aryl methyl sites for hydroxylation is 1. The lowest BCUT2D eigenvalue weighted by Crippen LogP contribution is -1.99. The number of aliphatic hydroxyl groups is 1. The molecule has 0 aliphatic heterocycles. The monoisotopic (exact) mass is 338 g/mol. The molecule has 1 N–H and O–H groups in total. The van der Waals surface area contributed by atoms with Gasteiger partial charge in [-0.15, -0.1) is 11.3 Å². The minimum absolute atomic E-state index is 0.417. The van der Waals surface area contributed by atoms with Crippen LogP contribution < -0.4 is 0 Å². The van der Waals surface area contributed by atoms with Gasteiger partial charge in [-0.05, 0) is 46.0 Å². The fraction of sp³-hybridized carbons (Fsp3) is 0.375. The summed E-state index contributed by atoms with van der Waals surface area (Å²) >= 11 is 5.15. The van der Waals surface area contributed by atoms with E-state index in [4.69, 9.17) is 0 Å². The van der Waals surface area contributed by atoms with E-state index in [1.165, 1.54) is 16.0 Å². The van der Waals surface area contributed by atoms with E-state index in [-0.39, 0.29) is 0 Å². The summed E-state index contributed by atoms with van der Waals surface area (Å²) < 4.78 is 1.08. The van der Waals surface area contributed by atoms with Crippen LogP contribution in [0.2, 0.25) is 0 Å². The van der Waals surface area contributed by atoms with Crippen molar-refractivity contribution in [2.75, 3.05) is 0 Å². The molecule has 2 rings (SSSR count). The molecule has 0 saturated carbocycles. The highest BCUT2D eigenvalue weighted by molar-refractivity contribution is 9.10. The lowest BCUT2D eigenvalue weighted by atomic mass is 9.99. The Kier molecular flexibility index (Phi) is 4.82. The summed E-state index contributed by atoms with van der Waals surface area (Å²) in [5, 5.41) is 10.3. The van der Waals surface area contributed by atoms with Crippen LogP contribution in [0.15, 0.2) is 34.8 Å². The minimum Gasteiger partial charge on any atom is -0.387 e. The van der Waals surface area contributed by atoms with Crippen molar-refractivity contribution in [3.8, 4) is 0 Å². The quantitative estimate of drug-likeness (QED) is 0.810. The molecule has 0 fully saturated rings. The lowest BCUT2D eigenvalue weighted by molar-refractivity contribution is 0.182. The van der Waals surface area contributed by atoms with Crippen LogP contribution in [0.5, 0.6) is 0 Å². The number of halogens is 1. The Morgan fingerprint density at radius 2 is 1.84 bits per heavy atom. The first-order valence-corrected chi connectivity index (χ1v) is 8.11. The smallest absolute Gasteiger partial charge is 0.0922 e. The molecule has 1 nitrogen and oxygen atoms in total. The largest absolute Gasteiger partial charge is 0.387 e. The number of thiophene rings is 1. The Morgan fingerprint density at radius 1 is 1.21 bits per heavy atom. The van der Waals surface area contributed by atoms with Gasteiger partial charge in [0.15, 0.2) is 0 Å². The fourth-order valence-electron chi connectivity index (χ4n) is 2.01. The predicted octanol–water partition coefficient (Wildman–Crippen LogP) is 5.22. The van der Waals surface area contributed by atoms with Crippen LogP contribution in [0.4, 0.5) is 0 Å². The zero-order valence-corrected chi connectivity index (χ0v) is 13.9. The Balaban J connectivity index is 2.08. The summed E-state index contributed by atoms with van der Waals surface area (Å²) in [7, 11) is 0. The molecule has 3 heteroatoms. The maximum atomic E-state index is 10.3. The van der Waals surface area contributed by atoms with Crippen molar-refractivity contribution in [2.45, 2.75) is 39.2 Å². The van der Waals surface area contributed by atoms with Gasteiger partial charge in [0, 0.05) is 20.6 Å². The van der Waals surface area contributed by atoms with E-state index in [2.05, 4.69) is 61.0 Å². The van der Waals surface area contributed by atoms with Crippen LogP contribution in [0.25, 0.3) is 0 Å². The van der Waals surface area contributed by atoms with Gasteiger partial charge in [0.05, 0.1) is 6.10 Å². The molecule has 0 spiro atoms. The second kappa shape index (κ2) is 6.21. The molecule has 0 radical (unpaired) electrons. The van der Waals surface area contributed by atoms with E-state index in [0.29, 0.717) is 12.3 Å². The van der Waals surface area contributed by atoms with Gasteiger partial charge in [0.2, 0.25) is 0 Å². The van der Waals surface area contributed by atoms with E-state index in [9.17, 15) is 5.11 Å². The third-order valence-corrected chi connectivity index (χ3v) is 5.52. The summed E-state index contributed by atoms with van der Waals surface area (Å²) in [6.45, 7) is 6.44. The minimum atomic E-state index is -0.417. The zero-order valence-electron chi connectivity index (χ0n) is 11.5. The normalized spacial score (nSPS) is 12.9. The molecule has 102 valence electrons. The molecular formula is C16H19BrOS. The second-order valence-electron chi connectivity index (χ2n) is 5.17. The maximum absolute atomic E-state index is 10.3. The van der Waals surface area contributed by atoms with Gasteiger partial charge >= 0.3 is 0 Å². The maximum Gasteiger partial charge on any atom is 0.0922 e. The molecule has 1 unspecified atom stereocenters. The standard InChI is InChI=1S/C16H19BrOS/c1-10(2)13-6-4-12(5-7-13)8-15(18)16-9-14(17)11(3)19-16/h4-7,9-10,15,18H,8H2,1-3H3. The van der Waals surface area contributed by atoms with Gasteiger partial charge in [-0.25, -0.2) is 0 Å². The summed E-state index contributed by atoms with van der Waals surface area (Å²) in [5.41, 5.74) is 2.52. The first-order valence-electron chi connectivity index (χ1n) is 6.50. The summed E-state index contributed by atoms with van der Waals surface area (Å²) in [4.78, 5) is 2.24. The molecule has 0 aliphatic rings. The van der Waals surface area contributed by atoms with E-state index >= 15 is 0 Å². The second-order valence-corrected chi connectivity index (χ2v) is 7.31. The Labute approximate surface area is 127 Å². The summed E-state index contributed by atoms with van der Waals surface area (Å²) in [6.07, 6.45) is 0.255. The van der Waals surface area contributed by atoms with Crippen molar-refractivity contribution >= 4 is 27.3 Å². The molecular weight excluding hydrogens is 320 g/mol. The van der Waals surface area contributed by atoms with E-state index in [0.717, 1.165) is 9.35 Å². The molecule has 0 amide bonds. The van der Waals surface area contributed by atoms with Crippen LogP contribution in [0.3, 0.4) is 0 Å². The van der Waals surface area contributed by atoms with Gasteiger partial charge in [-0.2, -0.15) is 0 Å². The first-order chi connectivity index (χ1) is 8.97. The molecule has 2 aromatic rings. The Hall–Kier alpha value is -0.640. The average molecular weight is 339 g/mol. The van der Waals surface area contributed by atoms with Gasteiger partial charge in [-0.1, -0.05) is 38.1 Å². The third-order valence-electron chi connectivity index (χ3n) is 3.28. The van der Waals surface area contributed by atoms with Crippen molar-refractivity contribution in [2.24, 2.45) is 0 Å². The highest BCUT2D eigenvalue weighted by atomic mass is 79.9. The molecule has 1 heterocycles. The molecule has 0 saturated heterocycles. The van der Waals surface area contributed by atoms with Crippen molar-refractivity contribution in [1.82, 2.24) is 0 Å². The van der Waals surface area contributed by atoms with E-state index in [1.807, 2.05) is 6.07 Å². The molecule has 1 aromatic heterocycles. The van der Waals surface area contributed by atoms with Crippen molar-refractivity contribution in [3.05, 3.63) is 55.7 Å². The zero-order chi connectivity index (χ0) is 14.0. The molecule has 1 aromatic carbocycles. The predicted molar refractivity (Wildman–Crippen MR) is 86.0 cm³/mol. The fourth-order valence-corrected chi connectivity index (χ4v) is 3.56. The van der Waals surface area contributed by atoms with Crippen LogP contribution in [0, 0.1) is 6.92 Å². The molecule has 1 atom stereocenters. The summed E-state index contributed by atoms with van der Waals surface area (Å²) in [5.74, 6) is 0.551. The summed E-state index contributed by atoms with van der Waals surface area (Å²) in [6, 6.07) is 10.6. The van der Waals surface area contributed by atoms with E-state index in [1.54, 1.807) is 11.3 Å². The number of aliphatic hydroxyl groups excluding tert-OH is 1. The SMILES string of the molecule is Cc1sc(C(O)Cc2ccc(C(C)C)cc2)cc1Br. The average Bonchev–Trinajstić information content (AvgIpc) is 2.70.